The number of aliphatic hydroxyl groups excluding tert-OH is 1. The number of aromatic carboxylic acids is 1. The van der Waals surface area contributed by atoms with Crippen molar-refractivity contribution in [3.05, 3.63) is 74.3 Å². The lowest BCUT2D eigenvalue weighted by molar-refractivity contribution is 0.0693. The third-order valence-corrected chi connectivity index (χ3v) is 7.06. The highest BCUT2D eigenvalue weighted by atomic mass is 35.5. The van der Waals surface area contributed by atoms with E-state index in [0.717, 1.165) is 32.1 Å². The molecule has 0 unspecified atom stereocenters. The molecule has 0 bridgehead atoms. The molecule has 1 atom stereocenters. The first-order chi connectivity index (χ1) is 16.3. The van der Waals surface area contributed by atoms with Gasteiger partial charge in [-0.15, -0.1) is 0 Å². The molecule has 6 nitrogen and oxygen atoms in total. The zero-order valence-corrected chi connectivity index (χ0v) is 19.6. The Morgan fingerprint density at radius 1 is 1.26 bits per heavy atom. The summed E-state index contributed by atoms with van der Waals surface area (Å²) in [6, 6.07) is 7.61. The van der Waals surface area contributed by atoms with Crippen LogP contribution >= 0.6 is 11.6 Å². The Labute approximate surface area is 201 Å². The standard InChI is InChI=1S/C26H27ClFNO5/c1-34-22-12-15(10-17-8-5-9-20(27)23(17)28)11-18-24(22)29(13-19(25(18)31)26(32)33)21(14-30)16-6-3-2-4-7-16/h5,8-9,11-13,16,21,30H,2-4,6-7,10,14H2,1H3,(H,32,33)/t21-/m1/s1. The molecule has 0 spiro atoms. The molecule has 1 fully saturated rings. The van der Waals surface area contributed by atoms with Crippen LogP contribution in [0.15, 0.2) is 41.3 Å². The van der Waals surface area contributed by atoms with Crippen molar-refractivity contribution in [1.82, 2.24) is 4.57 Å². The summed E-state index contributed by atoms with van der Waals surface area (Å²) in [5.74, 6) is -1.38. The number of rotatable bonds is 7. The maximum Gasteiger partial charge on any atom is 0.341 e. The summed E-state index contributed by atoms with van der Waals surface area (Å²) >= 11 is 5.92. The highest BCUT2D eigenvalue weighted by Gasteiger charge is 2.28. The molecule has 0 radical (unpaired) electrons. The van der Waals surface area contributed by atoms with E-state index < -0.39 is 23.3 Å². The fraction of sp³-hybridized carbons (Fsp3) is 0.385. The molecule has 1 saturated carbocycles. The first-order valence-corrected chi connectivity index (χ1v) is 11.8. The lowest BCUT2D eigenvalue weighted by atomic mass is 9.83. The molecule has 1 aliphatic rings. The Kier molecular flexibility index (Phi) is 7.24. The zero-order valence-electron chi connectivity index (χ0n) is 18.9. The van der Waals surface area contributed by atoms with Crippen LogP contribution in [0.3, 0.4) is 0 Å². The number of pyridine rings is 1. The van der Waals surface area contributed by atoms with Crippen molar-refractivity contribution in [2.45, 2.75) is 44.6 Å². The van der Waals surface area contributed by atoms with E-state index in [1.165, 1.54) is 19.4 Å². The second-order valence-electron chi connectivity index (χ2n) is 8.82. The number of carbonyl (C=O) groups is 1. The molecule has 0 saturated heterocycles. The predicted octanol–water partition coefficient (Wildman–Crippen LogP) is 5.21. The number of benzene rings is 2. The summed E-state index contributed by atoms with van der Waals surface area (Å²) in [7, 11) is 1.47. The molecule has 1 aromatic heterocycles. The van der Waals surface area contributed by atoms with Crippen LogP contribution in [-0.4, -0.2) is 34.5 Å². The second-order valence-corrected chi connectivity index (χ2v) is 9.22. The molecule has 2 aromatic carbocycles. The molecule has 4 rings (SSSR count). The van der Waals surface area contributed by atoms with Gasteiger partial charge in [-0.1, -0.05) is 43.0 Å². The lowest BCUT2D eigenvalue weighted by Gasteiger charge is -2.32. The molecule has 34 heavy (non-hydrogen) atoms. The third-order valence-electron chi connectivity index (χ3n) is 6.77. The minimum Gasteiger partial charge on any atom is -0.495 e. The highest BCUT2D eigenvalue weighted by Crippen LogP contribution is 2.37. The van der Waals surface area contributed by atoms with Gasteiger partial charge in [-0.3, -0.25) is 4.79 Å². The number of ether oxygens (including phenoxy) is 1. The summed E-state index contributed by atoms with van der Waals surface area (Å²) in [6.45, 7) is -0.194. The quantitative estimate of drug-likeness (QED) is 0.478. The normalized spacial score (nSPS) is 15.4. The maximum atomic E-state index is 14.5. The topological polar surface area (TPSA) is 88.8 Å². The van der Waals surface area contributed by atoms with E-state index >= 15 is 0 Å². The van der Waals surface area contributed by atoms with Crippen molar-refractivity contribution >= 4 is 28.5 Å². The van der Waals surface area contributed by atoms with Crippen LogP contribution in [0.25, 0.3) is 10.9 Å². The average Bonchev–Trinajstić information content (AvgIpc) is 2.84. The summed E-state index contributed by atoms with van der Waals surface area (Å²) in [5.41, 5.74) is 0.326. The number of nitrogens with zero attached hydrogens (tertiary/aromatic N) is 1. The van der Waals surface area contributed by atoms with Crippen LogP contribution in [0, 0.1) is 11.7 Å². The van der Waals surface area contributed by atoms with Crippen molar-refractivity contribution in [3.63, 3.8) is 0 Å². The number of hydrogen-bond donors (Lipinski definition) is 2. The molecule has 180 valence electrons. The molecule has 3 aromatic rings. The molecule has 2 N–H and O–H groups in total. The molecule has 1 heterocycles. The zero-order chi connectivity index (χ0) is 24.4. The molecular weight excluding hydrogens is 461 g/mol. The summed E-state index contributed by atoms with van der Waals surface area (Å²) in [4.78, 5) is 25.1. The number of aliphatic hydroxyl groups is 1. The van der Waals surface area contributed by atoms with Crippen molar-refractivity contribution in [2.75, 3.05) is 13.7 Å². The number of carboxylic acids is 1. The predicted molar refractivity (Wildman–Crippen MR) is 129 cm³/mol. The summed E-state index contributed by atoms with van der Waals surface area (Å²) in [6.07, 6.45) is 6.50. The Hall–Kier alpha value is -2.90. The molecule has 0 amide bonds. The van der Waals surface area contributed by atoms with Crippen LogP contribution in [0.2, 0.25) is 5.02 Å². The fourth-order valence-corrected chi connectivity index (χ4v) is 5.27. The number of hydrogen-bond acceptors (Lipinski definition) is 4. The van der Waals surface area contributed by atoms with Gasteiger partial charge in [-0.2, -0.15) is 0 Å². The Morgan fingerprint density at radius 3 is 2.65 bits per heavy atom. The Bertz CT molecular complexity index is 1280. The van der Waals surface area contributed by atoms with Gasteiger partial charge in [0.05, 0.1) is 35.7 Å². The second kappa shape index (κ2) is 10.2. The monoisotopic (exact) mass is 487 g/mol. The average molecular weight is 488 g/mol. The smallest absolute Gasteiger partial charge is 0.341 e. The van der Waals surface area contributed by atoms with Crippen LogP contribution in [0.5, 0.6) is 5.75 Å². The van der Waals surface area contributed by atoms with Gasteiger partial charge in [0, 0.05) is 12.6 Å². The number of methoxy groups -OCH3 is 1. The van der Waals surface area contributed by atoms with E-state index in [2.05, 4.69) is 0 Å². The number of fused-ring (bicyclic) bond motifs is 1. The van der Waals surface area contributed by atoms with Gasteiger partial charge < -0.3 is 19.5 Å². The summed E-state index contributed by atoms with van der Waals surface area (Å²) < 4.78 is 21.8. The van der Waals surface area contributed by atoms with E-state index in [-0.39, 0.29) is 34.9 Å². The van der Waals surface area contributed by atoms with Gasteiger partial charge in [-0.25, -0.2) is 9.18 Å². The van der Waals surface area contributed by atoms with Crippen molar-refractivity contribution < 1.29 is 24.1 Å². The maximum absolute atomic E-state index is 14.5. The molecular formula is C26H27ClFNO5. The SMILES string of the molecule is COc1cc(Cc2cccc(Cl)c2F)cc2c(=O)c(C(=O)O)cn([C@H](CO)C3CCCCC3)c12. The van der Waals surface area contributed by atoms with Gasteiger partial charge in [0.15, 0.2) is 0 Å². The molecule has 8 heteroatoms. The van der Waals surface area contributed by atoms with E-state index in [4.69, 9.17) is 16.3 Å². The van der Waals surface area contributed by atoms with E-state index in [0.29, 0.717) is 22.4 Å². The van der Waals surface area contributed by atoms with E-state index in [1.807, 2.05) is 0 Å². The Morgan fingerprint density at radius 2 is 2.00 bits per heavy atom. The Balaban J connectivity index is 1.94. The van der Waals surface area contributed by atoms with Gasteiger partial charge in [0.1, 0.15) is 17.1 Å². The summed E-state index contributed by atoms with van der Waals surface area (Å²) in [5, 5.41) is 20.2. The minimum absolute atomic E-state index is 0.000886. The number of halogens is 2. The van der Waals surface area contributed by atoms with Gasteiger partial charge in [0.2, 0.25) is 5.43 Å². The van der Waals surface area contributed by atoms with Gasteiger partial charge in [0.25, 0.3) is 0 Å². The van der Waals surface area contributed by atoms with Crippen LogP contribution < -0.4 is 10.2 Å². The third kappa shape index (κ3) is 4.55. The highest BCUT2D eigenvalue weighted by molar-refractivity contribution is 6.30. The largest absolute Gasteiger partial charge is 0.495 e. The van der Waals surface area contributed by atoms with Crippen LogP contribution in [0.1, 0.15) is 59.6 Å². The van der Waals surface area contributed by atoms with E-state index in [1.54, 1.807) is 28.8 Å². The first-order valence-electron chi connectivity index (χ1n) is 11.4. The minimum atomic E-state index is -1.34. The van der Waals surface area contributed by atoms with Crippen molar-refractivity contribution in [3.8, 4) is 5.75 Å². The van der Waals surface area contributed by atoms with Gasteiger partial charge in [-0.05, 0) is 48.1 Å². The lowest BCUT2D eigenvalue weighted by Crippen LogP contribution is -2.28. The first kappa shape index (κ1) is 24.2. The van der Waals surface area contributed by atoms with Crippen LogP contribution in [-0.2, 0) is 6.42 Å². The fourth-order valence-electron chi connectivity index (χ4n) is 5.07. The van der Waals surface area contributed by atoms with Gasteiger partial charge >= 0.3 is 5.97 Å². The van der Waals surface area contributed by atoms with Crippen molar-refractivity contribution in [2.24, 2.45) is 5.92 Å². The number of carboxylic acid groups (broad SMARTS) is 1. The van der Waals surface area contributed by atoms with Crippen LogP contribution in [0.4, 0.5) is 4.39 Å². The number of aromatic nitrogens is 1. The molecule has 0 aliphatic heterocycles. The van der Waals surface area contributed by atoms with Crippen molar-refractivity contribution in [1.29, 1.82) is 0 Å². The molecule has 1 aliphatic carbocycles. The van der Waals surface area contributed by atoms with E-state index in [9.17, 15) is 24.2 Å².